The Morgan fingerprint density at radius 3 is 2.40 bits per heavy atom. The molecule has 0 fully saturated rings. The van der Waals surface area contributed by atoms with E-state index in [1.165, 1.54) is 5.56 Å². The molecule has 0 saturated heterocycles. The molecule has 0 atom stereocenters. The van der Waals surface area contributed by atoms with Crippen LogP contribution in [-0.2, 0) is 4.79 Å². The van der Waals surface area contributed by atoms with E-state index in [1.807, 2.05) is 51.1 Å². The van der Waals surface area contributed by atoms with Gasteiger partial charge in [0.2, 0.25) is 5.91 Å². The first-order valence-electron chi connectivity index (χ1n) is 5.13. The van der Waals surface area contributed by atoms with Crippen LogP contribution in [-0.4, -0.2) is 11.9 Å². The first kappa shape index (κ1) is 11.5. The van der Waals surface area contributed by atoms with Crippen molar-refractivity contribution in [2.24, 2.45) is 0 Å². The number of hydrogen-bond acceptors (Lipinski definition) is 1. The standard InChI is InChI=1S/C13H17NO/c1-10(2)14-13(15)9-8-12-6-4-11(3)5-7-12/h4-10H,1-3H3,(H,14,15)/b9-8-. The highest BCUT2D eigenvalue weighted by Crippen LogP contribution is 2.04. The van der Waals surface area contributed by atoms with Crippen LogP contribution in [0.1, 0.15) is 25.0 Å². The summed E-state index contributed by atoms with van der Waals surface area (Å²) in [4.78, 5) is 11.3. The van der Waals surface area contributed by atoms with Crippen LogP contribution in [0.5, 0.6) is 0 Å². The van der Waals surface area contributed by atoms with Crippen LogP contribution in [0.25, 0.3) is 6.08 Å². The highest BCUT2D eigenvalue weighted by Gasteiger charge is 1.96. The molecule has 0 unspecified atom stereocenters. The number of hydrogen-bond donors (Lipinski definition) is 1. The third-order valence-electron chi connectivity index (χ3n) is 1.94. The zero-order valence-electron chi connectivity index (χ0n) is 9.45. The van der Waals surface area contributed by atoms with Crippen molar-refractivity contribution in [3.05, 3.63) is 41.5 Å². The lowest BCUT2D eigenvalue weighted by atomic mass is 10.1. The fraction of sp³-hybridized carbons (Fsp3) is 0.308. The molecule has 1 amide bonds. The third kappa shape index (κ3) is 4.45. The average Bonchev–Trinajstić information content (AvgIpc) is 2.16. The molecule has 2 heteroatoms. The Morgan fingerprint density at radius 2 is 1.87 bits per heavy atom. The van der Waals surface area contributed by atoms with Crippen molar-refractivity contribution in [1.82, 2.24) is 5.32 Å². The predicted molar refractivity (Wildman–Crippen MR) is 63.5 cm³/mol. The van der Waals surface area contributed by atoms with Crippen LogP contribution in [0.15, 0.2) is 30.3 Å². The molecule has 0 saturated carbocycles. The molecular weight excluding hydrogens is 186 g/mol. The minimum absolute atomic E-state index is 0.0504. The molecule has 0 radical (unpaired) electrons. The van der Waals surface area contributed by atoms with Gasteiger partial charge in [0.25, 0.3) is 0 Å². The monoisotopic (exact) mass is 203 g/mol. The first-order valence-corrected chi connectivity index (χ1v) is 5.13. The Balaban J connectivity index is 2.57. The molecule has 0 spiro atoms. The zero-order chi connectivity index (χ0) is 11.3. The van der Waals surface area contributed by atoms with Crippen molar-refractivity contribution in [2.45, 2.75) is 26.8 Å². The Morgan fingerprint density at radius 1 is 1.27 bits per heavy atom. The van der Waals surface area contributed by atoms with Crippen molar-refractivity contribution in [2.75, 3.05) is 0 Å². The molecule has 1 rings (SSSR count). The van der Waals surface area contributed by atoms with Gasteiger partial charge in [0, 0.05) is 12.1 Å². The van der Waals surface area contributed by atoms with Gasteiger partial charge in [-0.25, -0.2) is 0 Å². The van der Waals surface area contributed by atoms with Gasteiger partial charge in [0.1, 0.15) is 0 Å². The van der Waals surface area contributed by atoms with Gasteiger partial charge in [-0.05, 0) is 32.4 Å². The quantitative estimate of drug-likeness (QED) is 0.751. The fourth-order valence-corrected chi connectivity index (χ4v) is 1.18. The topological polar surface area (TPSA) is 29.1 Å². The maximum absolute atomic E-state index is 11.3. The molecule has 1 aromatic rings. The minimum atomic E-state index is -0.0504. The van der Waals surface area contributed by atoms with Gasteiger partial charge in [0.05, 0.1) is 0 Å². The van der Waals surface area contributed by atoms with Crippen molar-refractivity contribution in [3.8, 4) is 0 Å². The predicted octanol–water partition coefficient (Wildman–Crippen LogP) is 2.53. The molecule has 2 nitrogen and oxygen atoms in total. The minimum Gasteiger partial charge on any atom is -0.350 e. The Labute approximate surface area is 91.0 Å². The second-order valence-corrected chi connectivity index (χ2v) is 3.91. The normalized spacial score (nSPS) is 10.9. The summed E-state index contributed by atoms with van der Waals surface area (Å²) in [5.41, 5.74) is 2.26. The molecule has 0 aliphatic rings. The zero-order valence-corrected chi connectivity index (χ0v) is 9.45. The Bertz CT molecular complexity index is 349. The van der Waals surface area contributed by atoms with Crippen LogP contribution >= 0.6 is 0 Å². The summed E-state index contributed by atoms with van der Waals surface area (Å²) in [6.45, 7) is 5.92. The lowest BCUT2D eigenvalue weighted by Crippen LogP contribution is -2.28. The number of carbonyl (C=O) groups excluding carboxylic acids is 1. The molecule has 0 bridgehead atoms. The Kier molecular flexibility index (Phi) is 4.10. The molecule has 80 valence electrons. The number of nitrogens with one attached hydrogen (secondary N) is 1. The van der Waals surface area contributed by atoms with Crippen molar-refractivity contribution < 1.29 is 4.79 Å². The molecule has 0 aromatic heterocycles. The summed E-state index contributed by atoms with van der Waals surface area (Å²) >= 11 is 0. The lowest BCUT2D eigenvalue weighted by Gasteiger charge is -2.04. The van der Waals surface area contributed by atoms with E-state index in [0.29, 0.717) is 0 Å². The van der Waals surface area contributed by atoms with E-state index >= 15 is 0 Å². The van der Waals surface area contributed by atoms with Gasteiger partial charge in [0.15, 0.2) is 0 Å². The van der Waals surface area contributed by atoms with E-state index in [1.54, 1.807) is 6.08 Å². The molecular formula is C13H17NO. The molecule has 0 aliphatic heterocycles. The number of benzene rings is 1. The highest BCUT2D eigenvalue weighted by atomic mass is 16.1. The second-order valence-electron chi connectivity index (χ2n) is 3.91. The molecule has 15 heavy (non-hydrogen) atoms. The number of carbonyl (C=O) groups is 1. The maximum Gasteiger partial charge on any atom is 0.244 e. The maximum atomic E-state index is 11.3. The van der Waals surface area contributed by atoms with E-state index in [9.17, 15) is 4.79 Å². The summed E-state index contributed by atoms with van der Waals surface area (Å²) < 4.78 is 0. The summed E-state index contributed by atoms with van der Waals surface area (Å²) in [5, 5.41) is 2.80. The fourth-order valence-electron chi connectivity index (χ4n) is 1.18. The number of amides is 1. The lowest BCUT2D eigenvalue weighted by molar-refractivity contribution is -0.116. The second kappa shape index (κ2) is 5.35. The van der Waals surface area contributed by atoms with Crippen LogP contribution in [0.4, 0.5) is 0 Å². The largest absolute Gasteiger partial charge is 0.350 e. The smallest absolute Gasteiger partial charge is 0.244 e. The first-order chi connectivity index (χ1) is 7.08. The van der Waals surface area contributed by atoms with E-state index in [4.69, 9.17) is 0 Å². The van der Waals surface area contributed by atoms with Gasteiger partial charge in [-0.3, -0.25) is 4.79 Å². The average molecular weight is 203 g/mol. The van der Waals surface area contributed by atoms with E-state index in [2.05, 4.69) is 5.32 Å². The molecule has 0 heterocycles. The van der Waals surface area contributed by atoms with E-state index < -0.39 is 0 Å². The van der Waals surface area contributed by atoms with Crippen molar-refractivity contribution >= 4 is 12.0 Å². The molecule has 0 aliphatic carbocycles. The highest BCUT2D eigenvalue weighted by molar-refractivity contribution is 5.91. The van der Waals surface area contributed by atoms with Crippen molar-refractivity contribution in [1.29, 1.82) is 0 Å². The van der Waals surface area contributed by atoms with Crippen LogP contribution in [0.3, 0.4) is 0 Å². The van der Waals surface area contributed by atoms with E-state index in [0.717, 1.165) is 5.56 Å². The third-order valence-corrected chi connectivity index (χ3v) is 1.94. The molecule has 1 aromatic carbocycles. The summed E-state index contributed by atoms with van der Waals surface area (Å²) in [6.07, 6.45) is 3.38. The summed E-state index contributed by atoms with van der Waals surface area (Å²) in [5.74, 6) is -0.0504. The van der Waals surface area contributed by atoms with Gasteiger partial charge in [-0.1, -0.05) is 29.8 Å². The number of rotatable bonds is 3. The van der Waals surface area contributed by atoms with Gasteiger partial charge in [-0.15, -0.1) is 0 Å². The van der Waals surface area contributed by atoms with Crippen molar-refractivity contribution in [3.63, 3.8) is 0 Å². The van der Waals surface area contributed by atoms with Crippen LogP contribution in [0, 0.1) is 6.92 Å². The summed E-state index contributed by atoms with van der Waals surface area (Å²) in [7, 11) is 0. The van der Waals surface area contributed by atoms with Crippen LogP contribution < -0.4 is 5.32 Å². The van der Waals surface area contributed by atoms with Gasteiger partial charge >= 0.3 is 0 Å². The van der Waals surface area contributed by atoms with E-state index in [-0.39, 0.29) is 11.9 Å². The van der Waals surface area contributed by atoms with Crippen LogP contribution in [0.2, 0.25) is 0 Å². The number of aryl methyl sites for hydroxylation is 1. The molecule has 1 N–H and O–H groups in total. The van der Waals surface area contributed by atoms with Gasteiger partial charge < -0.3 is 5.32 Å². The summed E-state index contributed by atoms with van der Waals surface area (Å²) in [6, 6.07) is 8.23. The SMILES string of the molecule is Cc1ccc(/C=C\C(=O)NC(C)C)cc1. The van der Waals surface area contributed by atoms with Gasteiger partial charge in [-0.2, -0.15) is 0 Å². The Hall–Kier alpha value is -1.57.